The number of hydrogen-bond donors (Lipinski definition) is 3. The monoisotopic (exact) mass is 495 g/mol. The quantitative estimate of drug-likeness (QED) is 0.438. The second-order valence-electron chi connectivity index (χ2n) is 12.6. The van der Waals surface area contributed by atoms with E-state index in [4.69, 9.17) is 4.74 Å². The summed E-state index contributed by atoms with van der Waals surface area (Å²) in [7, 11) is 0. The highest BCUT2D eigenvalue weighted by molar-refractivity contribution is 5.87. The van der Waals surface area contributed by atoms with Gasteiger partial charge in [0, 0.05) is 6.42 Å². The van der Waals surface area contributed by atoms with Crippen LogP contribution in [0.4, 0.5) is 0 Å². The Bertz CT molecular complexity index is 989. The van der Waals surface area contributed by atoms with Crippen LogP contribution in [0.5, 0.6) is 0 Å². The van der Waals surface area contributed by atoms with E-state index >= 15 is 0 Å². The summed E-state index contributed by atoms with van der Waals surface area (Å²) in [6, 6.07) is 0. The minimum absolute atomic E-state index is 0.124. The molecule has 1 aliphatic heterocycles. The maximum atomic E-state index is 11.1. The number of rotatable bonds is 6. The van der Waals surface area contributed by atoms with Crippen LogP contribution in [0.15, 0.2) is 52.6 Å². The summed E-state index contributed by atoms with van der Waals surface area (Å²) < 4.78 is 5.91. The smallest absolute Gasteiger partial charge is 0.193 e. The van der Waals surface area contributed by atoms with Crippen LogP contribution >= 0.6 is 0 Å². The molecule has 4 aliphatic carbocycles. The summed E-state index contributed by atoms with van der Waals surface area (Å²) in [5.41, 5.74) is 3.22. The van der Waals surface area contributed by atoms with Crippen molar-refractivity contribution in [2.75, 3.05) is 6.54 Å². The predicted molar refractivity (Wildman–Crippen MR) is 144 cm³/mol. The van der Waals surface area contributed by atoms with Crippen LogP contribution in [-0.2, 0) is 4.74 Å². The highest BCUT2D eigenvalue weighted by atomic mass is 16.5. The van der Waals surface area contributed by atoms with Gasteiger partial charge in [-0.2, -0.15) is 0 Å². The van der Waals surface area contributed by atoms with E-state index in [0.717, 1.165) is 36.3 Å². The van der Waals surface area contributed by atoms with Gasteiger partial charge in [0.25, 0.3) is 0 Å². The molecule has 0 bridgehead atoms. The van der Waals surface area contributed by atoms with Crippen molar-refractivity contribution in [3.8, 4) is 0 Å². The molecule has 4 saturated carbocycles. The first-order valence-corrected chi connectivity index (χ1v) is 14.2. The molecule has 5 aliphatic rings. The van der Waals surface area contributed by atoms with Gasteiger partial charge in [-0.1, -0.05) is 50.3 Å². The summed E-state index contributed by atoms with van der Waals surface area (Å²) in [4.78, 5) is 4.57. The van der Waals surface area contributed by atoms with E-state index in [1.165, 1.54) is 31.3 Å². The van der Waals surface area contributed by atoms with Gasteiger partial charge in [0.15, 0.2) is 5.90 Å². The van der Waals surface area contributed by atoms with Crippen LogP contribution in [0.25, 0.3) is 0 Å². The average Bonchev–Trinajstić information content (AvgIpc) is 3.41. The SMILES string of the molecule is C=C1/C(=C\C=C2/CCC[C@]3(C)[C@@H]([C@H](C)/C=C/[C@@H](O)C4(C5=NCC(C)O5)CC4)CC[C@@H]23)C[C@@H](O)C[C@@H]1O. The molecule has 0 aromatic carbocycles. The molecule has 5 rings (SSSR count). The lowest BCUT2D eigenvalue weighted by molar-refractivity contribution is 0.0862. The van der Waals surface area contributed by atoms with Gasteiger partial charge in [0.2, 0.25) is 0 Å². The van der Waals surface area contributed by atoms with Gasteiger partial charge in [0.05, 0.1) is 30.3 Å². The van der Waals surface area contributed by atoms with Crippen LogP contribution in [0, 0.1) is 28.6 Å². The van der Waals surface area contributed by atoms with Gasteiger partial charge in [-0.25, -0.2) is 0 Å². The Labute approximate surface area is 216 Å². The molecule has 0 saturated heterocycles. The number of allylic oxidation sites excluding steroid dienone is 4. The Kier molecular flexibility index (Phi) is 7.12. The number of nitrogens with zero attached hydrogens (tertiary/aromatic N) is 1. The number of fused-ring (bicyclic) bond motifs is 1. The lowest BCUT2D eigenvalue weighted by atomic mass is 9.61. The maximum absolute atomic E-state index is 11.1. The Balaban J connectivity index is 1.27. The first-order valence-electron chi connectivity index (χ1n) is 14.2. The molecule has 8 atom stereocenters. The fraction of sp³-hybridized carbons (Fsp3) is 0.710. The third kappa shape index (κ3) is 4.68. The van der Waals surface area contributed by atoms with Gasteiger partial charge in [0.1, 0.15) is 6.10 Å². The third-order valence-corrected chi connectivity index (χ3v) is 10.1. The second-order valence-corrected chi connectivity index (χ2v) is 12.6. The molecule has 0 radical (unpaired) electrons. The van der Waals surface area contributed by atoms with Crippen molar-refractivity contribution in [2.24, 2.45) is 33.6 Å². The van der Waals surface area contributed by atoms with Gasteiger partial charge in [-0.15, -0.1) is 0 Å². The molecule has 0 aromatic rings. The zero-order chi connectivity index (χ0) is 25.7. The van der Waals surface area contributed by atoms with Crippen molar-refractivity contribution < 1.29 is 20.1 Å². The third-order valence-electron chi connectivity index (χ3n) is 10.1. The van der Waals surface area contributed by atoms with Crippen molar-refractivity contribution in [2.45, 2.75) is 103 Å². The summed E-state index contributed by atoms with van der Waals surface area (Å²) in [5, 5.41) is 31.4. The van der Waals surface area contributed by atoms with Crippen LogP contribution in [0.1, 0.15) is 78.6 Å². The maximum Gasteiger partial charge on any atom is 0.193 e. The molecule has 198 valence electrons. The molecule has 0 spiro atoms. The van der Waals surface area contributed by atoms with Gasteiger partial charge in [-0.05, 0) is 92.6 Å². The first kappa shape index (κ1) is 25.9. The molecule has 4 fully saturated rings. The van der Waals surface area contributed by atoms with Crippen LogP contribution < -0.4 is 0 Å². The fourth-order valence-corrected chi connectivity index (χ4v) is 7.73. The van der Waals surface area contributed by atoms with E-state index in [-0.39, 0.29) is 16.9 Å². The summed E-state index contributed by atoms with van der Waals surface area (Å²) in [5.74, 6) is 2.32. The first-order chi connectivity index (χ1) is 17.1. The molecule has 5 heteroatoms. The van der Waals surface area contributed by atoms with Gasteiger partial charge >= 0.3 is 0 Å². The van der Waals surface area contributed by atoms with Crippen molar-refractivity contribution in [3.05, 3.63) is 47.6 Å². The highest BCUT2D eigenvalue weighted by Gasteiger charge is 2.55. The van der Waals surface area contributed by atoms with Crippen molar-refractivity contribution >= 4 is 5.90 Å². The molecule has 1 unspecified atom stereocenters. The van der Waals surface area contributed by atoms with Gasteiger partial charge in [-0.3, -0.25) is 4.99 Å². The van der Waals surface area contributed by atoms with E-state index in [9.17, 15) is 15.3 Å². The molecule has 3 N–H and O–H groups in total. The van der Waals surface area contributed by atoms with Crippen LogP contribution in [0.3, 0.4) is 0 Å². The van der Waals surface area contributed by atoms with E-state index < -0.39 is 18.3 Å². The average molecular weight is 496 g/mol. The fourth-order valence-electron chi connectivity index (χ4n) is 7.73. The summed E-state index contributed by atoms with van der Waals surface area (Å²) >= 11 is 0. The minimum atomic E-state index is -0.639. The molecular weight excluding hydrogens is 450 g/mol. The van der Waals surface area contributed by atoms with E-state index in [1.807, 2.05) is 13.0 Å². The molecule has 5 nitrogen and oxygen atoms in total. The van der Waals surface area contributed by atoms with E-state index in [0.29, 0.717) is 37.1 Å². The highest BCUT2D eigenvalue weighted by Crippen LogP contribution is 2.60. The largest absolute Gasteiger partial charge is 0.476 e. The lowest BCUT2D eigenvalue weighted by Gasteiger charge is -2.44. The number of aliphatic imine (C=N–C) groups is 1. The molecule has 0 aromatic heterocycles. The van der Waals surface area contributed by atoms with Crippen molar-refractivity contribution in [1.29, 1.82) is 0 Å². The Hall–Kier alpha value is -1.69. The predicted octanol–water partition coefficient (Wildman–Crippen LogP) is 5.28. The standard InChI is InChI=1S/C31H45NO4/c1-19(7-12-28(35)31(14-15-31)29-32-18-20(2)36-29)25-10-11-26-22(6-5-13-30(25,26)4)8-9-23-16-24(33)17-27(34)21(23)3/h7-9,12,19-20,24-28,33-35H,3,5-6,10-11,13-18H2,1-2,4H3/b12-7+,22-8+,23-9-/t19-,20?,24-,25-,26+,27+,28-,30-/m1/s1. The van der Waals surface area contributed by atoms with Crippen molar-refractivity contribution in [1.82, 2.24) is 0 Å². The topological polar surface area (TPSA) is 82.3 Å². The number of ether oxygens (including phenoxy) is 1. The summed E-state index contributed by atoms with van der Waals surface area (Å²) in [6.45, 7) is 11.6. The Morgan fingerprint density at radius 3 is 2.61 bits per heavy atom. The number of aliphatic hydroxyl groups is 3. The van der Waals surface area contributed by atoms with E-state index in [2.05, 4.69) is 43.6 Å². The summed E-state index contributed by atoms with van der Waals surface area (Å²) in [6.07, 6.45) is 16.0. The number of aliphatic hydroxyl groups excluding tert-OH is 3. The molecule has 0 amide bonds. The molecular formula is C31H45NO4. The zero-order valence-electron chi connectivity index (χ0n) is 22.3. The zero-order valence-corrected chi connectivity index (χ0v) is 22.3. The Morgan fingerprint density at radius 2 is 1.92 bits per heavy atom. The lowest BCUT2D eigenvalue weighted by Crippen LogP contribution is -2.35. The Morgan fingerprint density at radius 1 is 1.14 bits per heavy atom. The van der Waals surface area contributed by atoms with Crippen LogP contribution in [-0.4, -0.2) is 52.2 Å². The normalized spacial score (nSPS) is 41.9. The van der Waals surface area contributed by atoms with Crippen LogP contribution in [0.2, 0.25) is 0 Å². The second kappa shape index (κ2) is 9.89. The molecule has 1 heterocycles. The minimum Gasteiger partial charge on any atom is -0.476 e. The van der Waals surface area contributed by atoms with Gasteiger partial charge < -0.3 is 20.1 Å². The number of hydrogen-bond acceptors (Lipinski definition) is 5. The van der Waals surface area contributed by atoms with Crippen molar-refractivity contribution in [3.63, 3.8) is 0 Å². The van der Waals surface area contributed by atoms with E-state index in [1.54, 1.807) is 0 Å². The molecule has 36 heavy (non-hydrogen) atoms.